The van der Waals surface area contributed by atoms with Crippen LogP contribution in [-0.2, 0) is 6.61 Å². The second-order valence-corrected chi connectivity index (χ2v) is 3.62. The number of nitrogens with one attached hydrogen (secondary N) is 1. The monoisotopic (exact) mass is 263 g/mol. The summed E-state index contributed by atoms with van der Waals surface area (Å²) in [4.78, 5) is 11.2. The van der Waals surface area contributed by atoms with Crippen molar-refractivity contribution >= 4 is 5.91 Å². The van der Waals surface area contributed by atoms with E-state index in [1.54, 1.807) is 31.4 Å². The van der Waals surface area contributed by atoms with Crippen molar-refractivity contribution in [1.29, 1.82) is 0 Å². The van der Waals surface area contributed by atoms with Gasteiger partial charge in [0.25, 0.3) is 5.91 Å². The minimum Gasteiger partial charge on any atom is -0.497 e. The quantitative estimate of drug-likeness (QED) is 0.471. The Bertz CT molecular complexity index is 550. The fourth-order valence-electron chi connectivity index (χ4n) is 1.39. The van der Waals surface area contributed by atoms with E-state index < -0.39 is 5.91 Å². The number of ether oxygens (including phenoxy) is 2. The van der Waals surface area contributed by atoms with Crippen LogP contribution in [0.3, 0.4) is 0 Å². The van der Waals surface area contributed by atoms with Gasteiger partial charge >= 0.3 is 0 Å². The average Bonchev–Trinajstić information content (AvgIpc) is 2.93. The third kappa shape index (κ3) is 3.23. The maximum atomic E-state index is 11.2. The van der Waals surface area contributed by atoms with Gasteiger partial charge in [0.15, 0.2) is 11.5 Å². The number of nitrogens with two attached hydrogens (primary N) is 1. The number of methoxy groups -OCH3 is 1. The Labute approximate surface area is 109 Å². The van der Waals surface area contributed by atoms with E-state index in [-0.39, 0.29) is 12.3 Å². The maximum Gasteiger partial charge on any atom is 0.287 e. The number of aromatic nitrogens is 1. The highest BCUT2D eigenvalue weighted by atomic mass is 16.5. The fourth-order valence-corrected chi connectivity index (χ4v) is 1.39. The lowest BCUT2D eigenvalue weighted by atomic mass is 10.3. The maximum absolute atomic E-state index is 11.2. The minimum absolute atomic E-state index is 0.107. The molecule has 7 heteroatoms. The Hall–Kier alpha value is -2.54. The van der Waals surface area contributed by atoms with Crippen LogP contribution in [0.5, 0.6) is 11.5 Å². The molecule has 1 aromatic carbocycles. The van der Waals surface area contributed by atoms with Crippen LogP contribution in [0.15, 0.2) is 34.9 Å². The van der Waals surface area contributed by atoms with Gasteiger partial charge in [-0.05, 0) is 24.3 Å². The summed E-state index contributed by atoms with van der Waals surface area (Å²) in [6.07, 6.45) is 0. The van der Waals surface area contributed by atoms with Crippen molar-refractivity contribution in [2.45, 2.75) is 6.61 Å². The van der Waals surface area contributed by atoms with Crippen LogP contribution in [0.25, 0.3) is 0 Å². The Balaban J connectivity index is 1.94. The molecule has 0 saturated heterocycles. The molecule has 0 aliphatic rings. The van der Waals surface area contributed by atoms with Gasteiger partial charge in [0, 0.05) is 6.07 Å². The molecule has 0 unspecified atom stereocenters. The van der Waals surface area contributed by atoms with Gasteiger partial charge in [0.1, 0.15) is 18.1 Å². The van der Waals surface area contributed by atoms with Crippen LogP contribution < -0.4 is 20.7 Å². The second kappa shape index (κ2) is 5.87. The van der Waals surface area contributed by atoms with E-state index in [0.29, 0.717) is 11.5 Å². The molecule has 0 radical (unpaired) electrons. The van der Waals surface area contributed by atoms with Crippen molar-refractivity contribution in [1.82, 2.24) is 10.6 Å². The molecule has 0 fully saturated rings. The van der Waals surface area contributed by atoms with E-state index in [9.17, 15) is 4.79 Å². The number of amides is 1. The Morgan fingerprint density at radius 1 is 1.37 bits per heavy atom. The molecule has 2 rings (SSSR count). The number of hydrogen-bond acceptors (Lipinski definition) is 6. The largest absolute Gasteiger partial charge is 0.497 e. The van der Waals surface area contributed by atoms with E-state index in [1.807, 2.05) is 5.43 Å². The highest BCUT2D eigenvalue weighted by Crippen LogP contribution is 2.18. The molecule has 100 valence electrons. The Morgan fingerprint density at radius 2 is 2.05 bits per heavy atom. The molecular weight excluding hydrogens is 250 g/mol. The third-order valence-electron chi connectivity index (χ3n) is 2.36. The molecule has 19 heavy (non-hydrogen) atoms. The predicted octanol–water partition coefficient (Wildman–Crippen LogP) is 0.866. The zero-order valence-corrected chi connectivity index (χ0v) is 10.3. The lowest BCUT2D eigenvalue weighted by Gasteiger charge is -2.04. The Morgan fingerprint density at radius 3 is 2.68 bits per heavy atom. The summed E-state index contributed by atoms with van der Waals surface area (Å²) in [5.74, 6) is 6.29. The van der Waals surface area contributed by atoms with Gasteiger partial charge in [-0.2, -0.15) is 0 Å². The van der Waals surface area contributed by atoms with Crippen molar-refractivity contribution in [3.05, 3.63) is 41.8 Å². The van der Waals surface area contributed by atoms with Crippen molar-refractivity contribution in [3.63, 3.8) is 0 Å². The molecule has 0 aliphatic heterocycles. The molecule has 3 N–H and O–H groups in total. The van der Waals surface area contributed by atoms with E-state index in [1.165, 1.54) is 6.07 Å². The summed E-state index contributed by atoms with van der Waals surface area (Å²) in [7, 11) is 1.59. The summed E-state index contributed by atoms with van der Waals surface area (Å²) in [5.41, 5.74) is 2.07. The number of benzene rings is 1. The molecule has 7 nitrogen and oxygen atoms in total. The standard InChI is InChI=1S/C12H13N3O4/c1-17-8-2-4-9(5-3-8)18-7-10-6-11(15-19-10)12(16)14-13/h2-6H,7,13H2,1H3,(H,14,16). The molecule has 0 spiro atoms. The van der Waals surface area contributed by atoms with Gasteiger partial charge in [0.05, 0.1) is 7.11 Å². The van der Waals surface area contributed by atoms with Gasteiger partial charge in [-0.3, -0.25) is 10.2 Å². The SMILES string of the molecule is COc1ccc(OCc2cc(C(=O)NN)no2)cc1. The smallest absolute Gasteiger partial charge is 0.287 e. The first kappa shape index (κ1) is 12.9. The summed E-state index contributed by atoms with van der Waals surface area (Å²) >= 11 is 0. The van der Waals surface area contributed by atoms with E-state index in [0.717, 1.165) is 5.75 Å². The first-order valence-electron chi connectivity index (χ1n) is 5.46. The number of nitrogen functional groups attached to an aromatic ring is 1. The van der Waals surface area contributed by atoms with Crippen molar-refractivity contribution < 1.29 is 18.8 Å². The highest BCUT2D eigenvalue weighted by molar-refractivity contribution is 5.91. The number of carbonyl (C=O) groups excluding carboxylic acids is 1. The first-order chi connectivity index (χ1) is 9.22. The van der Waals surface area contributed by atoms with Crippen molar-refractivity contribution in [2.24, 2.45) is 5.84 Å². The van der Waals surface area contributed by atoms with Crippen LogP contribution >= 0.6 is 0 Å². The number of nitrogens with zero attached hydrogens (tertiary/aromatic N) is 1. The number of hydrogen-bond donors (Lipinski definition) is 2. The summed E-state index contributed by atoms with van der Waals surface area (Å²) in [6, 6.07) is 8.56. The fraction of sp³-hybridized carbons (Fsp3) is 0.167. The lowest BCUT2D eigenvalue weighted by Crippen LogP contribution is -2.30. The lowest BCUT2D eigenvalue weighted by molar-refractivity contribution is 0.0944. The summed E-state index contributed by atoms with van der Waals surface area (Å²) in [5, 5.41) is 3.56. The molecule has 1 heterocycles. The molecular formula is C12H13N3O4. The first-order valence-corrected chi connectivity index (χ1v) is 5.46. The normalized spacial score (nSPS) is 10.0. The summed E-state index contributed by atoms with van der Waals surface area (Å²) in [6.45, 7) is 0.164. The molecule has 2 aromatic rings. The van der Waals surface area contributed by atoms with Crippen molar-refractivity contribution in [3.8, 4) is 11.5 Å². The van der Waals surface area contributed by atoms with Gasteiger partial charge in [-0.25, -0.2) is 5.84 Å². The predicted molar refractivity (Wildman–Crippen MR) is 65.5 cm³/mol. The number of hydrazine groups is 1. The van der Waals surface area contributed by atoms with Crippen molar-refractivity contribution in [2.75, 3.05) is 7.11 Å². The zero-order valence-electron chi connectivity index (χ0n) is 10.3. The van der Waals surface area contributed by atoms with Gasteiger partial charge < -0.3 is 14.0 Å². The minimum atomic E-state index is -0.514. The van der Waals surface area contributed by atoms with Crippen LogP contribution in [-0.4, -0.2) is 18.2 Å². The Kier molecular flexibility index (Phi) is 3.99. The molecule has 0 bridgehead atoms. The van der Waals surface area contributed by atoms with Crippen LogP contribution in [0.1, 0.15) is 16.2 Å². The van der Waals surface area contributed by atoms with E-state index >= 15 is 0 Å². The molecule has 1 aromatic heterocycles. The number of carbonyl (C=O) groups is 1. The summed E-state index contributed by atoms with van der Waals surface area (Å²) < 4.78 is 15.4. The third-order valence-corrected chi connectivity index (χ3v) is 2.36. The van der Waals surface area contributed by atoms with Crippen LogP contribution in [0.2, 0.25) is 0 Å². The zero-order chi connectivity index (χ0) is 13.7. The molecule has 1 amide bonds. The number of rotatable bonds is 5. The van der Waals surface area contributed by atoms with Gasteiger partial charge in [-0.1, -0.05) is 5.16 Å². The average molecular weight is 263 g/mol. The highest BCUT2D eigenvalue weighted by Gasteiger charge is 2.11. The van der Waals surface area contributed by atoms with Crippen LogP contribution in [0.4, 0.5) is 0 Å². The van der Waals surface area contributed by atoms with E-state index in [4.69, 9.17) is 19.8 Å². The van der Waals surface area contributed by atoms with Gasteiger partial charge in [-0.15, -0.1) is 0 Å². The molecule has 0 saturated carbocycles. The van der Waals surface area contributed by atoms with Crippen LogP contribution in [0, 0.1) is 0 Å². The van der Waals surface area contributed by atoms with Gasteiger partial charge in [0.2, 0.25) is 0 Å². The molecule has 0 aliphatic carbocycles. The molecule has 0 atom stereocenters. The second-order valence-electron chi connectivity index (χ2n) is 3.62. The topological polar surface area (TPSA) is 99.6 Å². The van der Waals surface area contributed by atoms with E-state index in [2.05, 4.69) is 5.16 Å².